The van der Waals surface area contributed by atoms with Gasteiger partial charge in [0, 0.05) is 36.4 Å². The zero-order valence-corrected chi connectivity index (χ0v) is 11.3. The lowest BCUT2D eigenvalue weighted by Gasteiger charge is -2.04. The Hall–Kier alpha value is -2.08. The molecule has 3 aromatic rings. The molecular weight excluding hydrogens is 258 g/mol. The summed E-state index contributed by atoms with van der Waals surface area (Å²) in [5, 5.41) is 6.50. The van der Waals surface area contributed by atoms with Crippen LogP contribution in [0.1, 0.15) is 10.7 Å². The fourth-order valence-corrected chi connectivity index (χ4v) is 2.54. The molecule has 0 unspecified atom stereocenters. The molecule has 1 N–H and O–H groups in total. The van der Waals surface area contributed by atoms with Crippen molar-refractivity contribution in [3.63, 3.8) is 0 Å². The van der Waals surface area contributed by atoms with Gasteiger partial charge in [0.15, 0.2) is 5.65 Å². The van der Waals surface area contributed by atoms with Crippen molar-refractivity contribution in [2.75, 3.05) is 11.9 Å². The first-order chi connectivity index (χ1) is 9.31. The van der Waals surface area contributed by atoms with Gasteiger partial charge in [0.25, 0.3) is 0 Å². The quantitative estimate of drug-likeness (QED) is 0.789. The second-order valence-corrected chi connectivity index (χ2v) is 5.10. The van der Waals surface area contributed by atoms with Crippen molar-refractivity contribution in [2.24, 2.45) is 0 Å². The lowest BCUT2D eigenvalue weighted by molar-refractivity contribution is 0.979. The van der Waals surface area contributed by atoms with Gasteiger partial charge in [-0.1, -0.05) is 0 Å². The minimum absolute atomic E-state index is 0.664. The van der Waals surface area contributed by atoms with Gasteiger partial charge in [-0.2, -0.15) is 0 Å². The molecule has 0 saturated heterocycles. The molecule has 0 aliphatic carbocycles. The van der Waals surface area contributed by atoms with E-state index in [4.69, 9.17) is 0 Å². The maximum atomic E-state index is 4.43. The molecule has 6 heteroatoms. The Kier molecular flexibility index (Phi) is 3.33. The zero-order chi connectivity index (χ0) is 13.1. The van der Waals surface area contributed by atoms with E-state index in [-0.39, 0.29) is 0 Å². The smallest absolute Gasteiger partial charge is 0.180 e. The van der Waals surface area contributed by atoms with E-state index in [1.807, 2.05) is 19.1 Å². The van der Waals surface area contributed by atoms with Crippen LogP contribution in [0.4, 0.5) is 5.82 Å². The summed E-state index contributed by atoms with van der Waals surface area (Å²) in [4.78, 5) is 17.2. The van der Waals surface area contributed by atoms with E-state index in [1.165, 1.54) is 0 Å². The van der Waals surface area contributed by atoms with Gasteiger partial charge in [0.05, 0.1) is 5.01 Å². The van der Waals surface area contributed by atoms with E-state index >= 15 is 0 Å². The highest BCUT2D eigenvalue weighted by Crippen LogP contribution is 2.12. The summed E-state index contributed by atoms with van der Waals surface area (Å²) in [6, 6.07) is 3.84. The number of aryl methyl sites for hydroxylation is 1. The molecule has 0 atom stereocenters. The monoisotopic (exact) mass is 271 g/mol. The lowest BCUT2D eigenvalue weighted by Crippen LogP contribution is -2.06. The average Bonchev–Trinajstić information content (AvgIpc) is 2.84. The molecule has 96 valence electrons. The fourth-order valence-electron chi connectivity index (χ4n) is 1.77. The van der Waals surface area contributed by atoms with Crippen molar-refractivity contribution in [1.82, 2.24) is 19.9 Å². The van der Waals surface area contributed by atoms with E-state index in [1.54, 1.807) is 23.7 Å². The predicted molar refractivity (Wildman–Crippen MR) is 76.4 cm³/mol. The minimum atomic E-state index is 0.664. The number of fused-ring (bicyclic) bond motifs is 1. The second-order valence-electron chi connectivity index (χ2n) is 4.15. The van der Waals surface area contributed by atoms with Crippen molar-refractivity contribution in [3.8, 4) is 0 Å². The molecule has 0 aliphatic rings. The van der Waals surface area contributed by atoms with Crippen molar-refractivity contribution >= 4 is 28.3 Å². The number of nitrogens with one attached hydrogen (secondary N) is 1. The molecule has 0 amide bonds. The van der Waals surface area contributed by atoms with Crippen LogP contribution < -0.4 is 5.32 Å². The van der Waals surface area contributed by atoms with Crippen LogP contribution in [0.15, 0.2) is 29.9 Å². The van der Waals surface area contributed by atoms with Gasteiger partial charge in [-0.25, -0.2) is 15.0 Å². The normalized spacial score (nSPS) is 10.8. The van der Waals surface area contributed by atoms with E-state index in [0.29, 0.717) is 5.65 Å². The molecule has 0 bridgehead atoms. The molecule has 0 radical (unpaired) electrons. The molecule has 5 nitrogen and oxygen atoms in total. The lowest BCUT2D eigenvalue weighted by atomic mass is 10.4. The molecule has 0 spiro atoms. The summed E-state index contributed by atoms with van der Waals surface area (Å²) in [6.45, 7) is 2.82. The summed E-state index contributed by atoms with van der Waals surface area (Å²) in [6.07, 6.45) is 4.22. The first-order valence-corrected chi connectivity index (χ1v) is 6.92. The maximum Gasteiger partial charge on any atom is 0.180 e. The number of anilines is 1. The van der Waals surface area contributed by atoms with Crippen LogP contribution in [0.2, 0.25) is 0 Å². The Morgan fingerprint density at radius 1 is 1.16 bits per heavy atom. The van der Waals surface area contributed by atoms with E-state index in [0.717, 1.165) is 35.0 Å². The molecule has 19 heavy (non-hydrogen) atoms. The Balaban J connectivity index is 1.65. The first-order valence-electron chi connectivity index (χ1n) is 6.04. The average molecular weight is 271 g/mol. The van der Waals surface area contributed by atoms with Crippen molar-refractivity contribution < 1.29 is 0 Å². The number of pyridine rings is 1. The Morgan fingerprint density at radius 3 is 2.89 bits per heavy atom. The Morgan fingerprint density at radius 2 is 2.05 bits per heavy atom. The predicted octanol–water partition coefficient (Wildman–Crippen LogP) is 2.44. The van der Waals surface area contributed by atoms with Gasteiger partial charge in [-0.05, 0) is 19.1 Å². The molecule has 0 saturated carbocycles. The summed E-state index contributed by atoms with van der Waals surface area (Å²) >= 11 is 1.69. The number of hydrogen-bond acceptors (Lipinski definition) is 6. The minimum Gasteiger partial charge on any atom is -0.370 e. The molecule has 3 heterocycles. The topological polar surface area (TPSA) is 63.6 Å². The van der Waals surface area contributed by atoms with Crippen LogP contribution in [0.5, 0.6) is 0 Å². The SMILES string of the molecule is Cc1csc(CCNc2ccc3nccnc3n2)n1. The van der Waals surface area contributed by atoms with Crippen LogP contribution in [0.25, 0.3) is 11.2 Å². The van der Waals surface area contributed by atoms with Crippen molar-refractivity contribution in [1.29, 1.82) is 0 Å². The number of rotatable bonds is 4. The first kappa shape index (κ1) is 12.0. The third kappa shape index (κ3) is 2.85. The largest absolute Gasteiger partial charge is 0.370 e. The second kappa shape index (κ2) is 5.27. The Bertz CT molecular complexity index is 694. The van der Waals surface area contributed by atoms with E-state index in [2.05, 4.69) is 30.6 Å². The molecule has 3 aromatic heterocycles. The Labute approximate surface area is 114 Å². The van der Waals surface area contributed by atoms with Crippen LogP contribution >= 0.6 is 11.3 Å². The van der Waals surface area contributed by atoms with E-state index in [9.17, 15) is 0 Å². The number of hydrogen-bond donors (Lipinski definition) is 1. The van der Waals surface area contributed by atoms with Gasteiger partial charge >= 0.3 is 0 Å². The third-order valence-corrected chi connectivity index (χ3v) is 3.67. The molecule has 0 fully saturated rings. The van der Waals surface area contributed by atoms with Gasteiger partial charge < -0.3 is 5.32 Å². The highest BCUT2D eigenvalue weighted by atomic mass is 32.1. The zero-order valence-electron chi connectivity index (χ0n) is 10.5. The maximum absolute atomic E-state index is 4.43. The molecular formula is C13H13N5S. The number of nitrogens with zero attached hydrogens (tertiary/aromatic N) is 4. The molecule has 0 aliphatic heterocycles. The summed E-state index contributed by atoms with van der Waals surface area (Å²) in [7, 11) is 0. The standard InChI is InChI=1S/C13H13N5S/c1-9-8-19-12(17-9)4-5-15-11-3-2-10-13(18-11)16-7-6-14-10/h2-3,6-8H,4-5H2,1H3,(H,15,16,18). The molecule has 3 rings (SSSR count). The highest BCUT2D eigenvalue weighted by Gasteiger charge is 2.01. The summed E-state index contributed by atoms with van der Waals surface area (Å²) < 4.78 is 0. The van der Waals surface area contributed by atoms with Crippen LogP contribution in [-0.4, -0.2) is 26.5 Å². The summed E-state index contributed by atoms with van der Waals surface area (Å²) in [5.74, 6) is 0.821. The number of aromatic nitrogens is 4. The van der Waals surface area contributed by atoms with Crippen LogP contribution in [-0.2, 0) is 6.42 Å². The van der Waals surface area contributed by atoms with Gasteiger partial charge in [-0.15, -0.1) is 11.3 Å². The van der Waals surface area contributed by atoms with Gasteiger partial charge in [0.2, 0.25) is 0 Å². The van der Waals surface area contributed by atoms with Crippen molar-refractivity contribution in [2.45, 2.75) is 13.3 Å². The van der Waals surface area contributed by atoms with E-state index < -0.39 is 0 Å². The fraction of sp³-hybridized carbons (Fsp3) is 0.231. The van der Waals surface area contributed by atoms with Crippen LogP contribution in [0.3, 0.4) is 0 Å². The van der Waals surface area contributed by atoms with Gasteiger partial charge in [-0.3, -0.25) is 4.98 Å². The summed E-state index contributed by atoms with van der Waals surface area (Å²) in [5.41, 5.74) is 2.56. The van der Waals surface area contributed by atoms with Crippen LogP contribution in [0, 0.1) is 6.92 Å². The highest BCUT2D eigenvalue weighted by molar-refractivity contribution is 7.09. The van der Waals surface area contributed by atoms with Crippen molar-refractivity contribution in [3.05, 3.63) is 40.6 Å². The molecule has 0 aromatic carbocycles. The van der Waals surface area contributed by atoms with Gasteiger partial charge in [0.1, 0.15) is 11.3 Å². The number of thiazole rings is 1. The third-order valence-electron chi connectivity index (χ3n) is 2.64.